The topological polar surface area (TPSA) is 134 Å². The second-order valence-corrected chi connectivity index (χ2v) is 3.87. The summed E-state index contributed by atoms with van der Waals surface area (Å²) in [5.74, 6) is 0. The van der Waals surface area contributed by atoms with Crippen LogP contribution in [0.3, 0.4) is 0 Å². The molecule has 0 aromatic heterocycles. The van der Waals surface area contributed by atoms with Crippen LogP contribution in [0.15, 0.2) is 23.2 Å². The van der Waals surface area contributed by atoms with Crippen LogP contribution in [-0.4, -0.2) is 21.3 Å². The number of benzene rings is 1. The van der Waals surface area contributed by atoms with E-state index in [9.17, 15) is 20.2 Å². The summed E-state index contributed by atoms with van der Waals surface area (Å²) in [5, 5.41) is 32.2. The highest BCUT2D eigenvalue weighted by Gasteiger charge is 2.16. The molecule has 0 atom stereocenters. The van der Waals surface area contributed by atoms with E-state index in [0.717, 1.165) is 30.0 Å². The maximum Gasteiger partial charge on any atom is 0.278 e. The molecule has 0 aliphatic rings. The van der Waals surface area contributed by atoms with Crippen LogP contribution in [0.4, 0.5) is 17.1 Å². The van der Waals surface area contributed by atoms with Crippen molar-refractivity contribution in [3.05, 3.63) is 38.4 Å². The van der Waals surface area contributed by atoms with Crippen molar-refractivity contribution in [3.8, 4) is 6.19 Å². The van der Waals surface area contributed by atoms with Gasteiger partial charge in [-0.1, -0.05) is 11.8 Å². The van der Waals surface area contributed by atoms with Gasteiger partial charge in [0, 0.05) is 12.1 Å². The van der Waals surface area contributed by atoms with E-state index in [0.29, 0.717) is 0 Å². The number of thioether (sulfide) groups is 1. The molecule has 0 saturated carbocycles. The smallest absolute Gasteiger partial charge is 0.271 e. The minimum absolute atomic E-state index is 0.0213. The first-order chi connectivity index (χ1) is 8.97. The fourth-order valence-corrected chi connectivity index (χ4v) is 1.49. The summed E-state index contributed by atoms with van der Waals surface area (Å²) in [4.78, 5) is 23.7. The van der Waals surface area contributed by atoms with Crippen molar-refractivity contribution in [2.24, 2.45) is 4.99 Å². The predicted octanol–water partition coefficient (Wildman–Crippen LogP) is 1.92. The van der Waals surface area contributed by atoms with E-state index in [-0.39, 0.29) is 10.9 Å². The third-order valence-corrected chi connectivity index (χ3v) is 2.48. The van der Waals surface area contributed by atoms with Crippen molar-refractivity contribution in [2.75, 3.05) is 6.26 Å². The third kappa shape index (κ3) is 3.93. The van der Waals surface area contributed by atoms with Gasteiger partial charge in [0.15, 0.2) is 11.4 Å². The maximum absolute atomic E-state index is 10.7. The van der Waals surface area contributed by atoms with Crippen molar-refractivity contribution in [1.82, 2.24) is 5.32 Å². The first-order valence-electron chi connectivity index (χ1n) is 4.69. The van der Waals surface area contributed by atoms with Crippen LogP contribution < -0.4 is 5.32 Å². The molecule has 0 aliphatic carbocycles. The van der Waals surface area contributed by atoms with E-state index in [1.54, 1.807) is 12.4 Å². The number of rotatable bonds is 3. The number of non-ortho nitro benzene ring substituents is 2. The summed E-state index contributed by atoms with van der Waals surface area (Å²) >= 11 is 1.09. The van der Waals surface area contributed by atoms with E-state index in [4.69, 9.17) is 5.26 Å². The van der Waals surface area contributed by atoms with Crippen molar-refractivity contribution < 1.29 is 9.85 Å². The lowest BCUT2D eigenvalue weighted by atomic mass is 10.2. The molecule has 1 N–H and O–H groups in total. The average molecular weight is 281 g/mol. The lowest BCUT2D eigenvalue weighted by Gasteiger charge is -2.00. The molecule has 0 spiro atoms. The Labute approximate surface area is 111 Å². The fraction of sp³-hybridized carbons (Fsp3) is 0.111. The SMILES string of the molecule is CSC(=Nc1cc([N+](=O)[O-])cc([N+](=O)[O-])c1)NC#N. The summed E-state index contributed by atoms with van der Waals surface area (Å²) in [6.07, 6.45) is 3.28. The monoisotopic (exact) mass is 281 g/mol. The number of nitrogens with zero attached hydrogens (tertiary/aromatic N) is 4. The van der Waals surface area contributed by atoms with Gasteiger partial charge in [0.25, 0.3) is 11.4 Å². The van der Waals surface area contributed by atoms with Gasteiger partial charge in [-0.15, -0.1) is 0 Å². The summed E-state index contributed by atoms with van der Waals surface area (Å²) in [6, 6.07) is 3.01. The quantitative estimate of drug-likeness (QED) is 0.223. The molecular formula is C9H7N5O4S. The highest BCUT2D eigenvalue weighted by atomic mass is 32.2. The molecule has 0 fully saturated rings. The summed E-state index contributed by atoms with van der Waals surface area (Å²) in [7, 11) is 0. The molecule has 0 heterocycles. The molecule has 0 unspecified atom stereocenters. The lowest BCUT2D eigenvalue weighted by molar-refractivity contribution is -0.394. The molecule has 0 bridgehead atoms. The van der Waals surface area contributed by atoms with Gasteiger partial charge < -0.3 is 0 Å². The van der Waals surface area contributed by atoms with Crippen LogP contribution in [0.2, 0.25) is 0 Å². The molecule has 0 amide bonds. The van der Waals surface area contributed by atoms with Gasteiger partial charge in [-0.3, -0.25) is 25.5 Å². The predicted molar refractivity (Wildman–Crippen MR) is 69.1 cm³/mol. The number of aliphatic imine (C=N–C) groups is 1. The average Bonchev–Trinajstić information content (AvgIpc) is 2.37. The van der Waals surface area contributed by atoms with Crippen LogP contribution in [-0.2, 0) is 0 Å². The molecule has 9 nitrogen and oxygen atoms in total. The Bertz CT molecular complexity index is 563. The van der Waals surface area contributed by atoms with Crippen LogP contribution in [0.5, 0.6) is 0 Å². The van der Waals surface area contributed by atoms with E-state index in [1.807, 2.05) is 0 Å². The van der Waals surface area contributed by atoms with E-state index < -0.39 is 21.2 Å². The Morgan fingerprint density at radius 3 is 2.21 bits per heavy atom. The number of hydrogen-bond acceptors (Lipinski definition) is 7. The van der Waals surface area contributed by atoms with Gasteiger partial charge in [0.05, 0.1) is 21.6 Å². The van der Waals surface area contributed by atoms with Crippen molar-refractivity contribution in [1.29, 1.82) is 5.26 Å². The molecule has 10 heteroatoms. The number of nitro groups is 2. The third-order valence-electron chi connectivity index (χ3n) is 1.90. The number of nitriles is 1. The highest BCUT2D eigenvalue weighted by Crippen LogP contribution is 2.28. The number of nitro benzene ring substituents is 2. The molecular weight excluding hydrogens is 274 g/mol. The molecule has 1 aromatic carbocycles. The zero-order chi connectivity index (χ0) is 14.4. The fourth-order valence-electron chi connectivity index (χ4n) is 1.14. The molecule has 1 aromatic rings. The van der Waals surface area contributed by atoms with Gasteiger partial charge in [-0.25, -0.2) is 4.99 Å². The number of amidine groups is 1. The normalized spacial score (nSPS) is 10.6. The van der Waals surface area contributed by atoms with Crippen molar-refractivity contribution in [2.45, 2.75) is 0 Å². The second kappa shape index (κ2) is 6.31. The van der Waals surface area contributed by atoms with E-state index >= 15 is 0 Å². The van der Waals surface area contributed by atoms with Crippen LogP contribution in [0.1, 0.15) is 0 Å². The van der Waals surface area contributed by atoms with Crippen LogP contribution in [0, 0.1) is 31.7 Å². The van der Waals surface area contributed by atoms with Gasteiger partial charge >= 0.3 is 0 Å². The Morgan fingerprint density at radius 2 is 1.84 bits per heavy atom. The van der Waals surface area contributed by atoms with Crippen LogP contribution in [0.25, 0.3) is 0 Å². The van der Waals surface area contributed by atoms with Crippen LogP contribution >= 0.6 is 11.8 Å². The molecule has 98 valence electrons. The second-order valence-electron chi connectivity index (χ2n) is 3.08. The van der Waals surface area contributed by atoms with Gasteiger partial charge in [0.1, 0.15) is 0 Å². The molecule has 0 saturated heterocycles. The maximum atomic E-state index is 10.7. The molecule has 1 rings (SSSR count). The first kappa shape index (κ1) is 14.4. The minimum atomic E-state index is -0.748. The Hall–Kier alpha value is -2.67. The first-order valence-corrected chi connectivity index (χ1v) is 5.92. The van der Waals surface area contributed by atoms with Gasteiger partial charge in [-0.05, 0) is 6.26 Å². The summed E-state index contributed by atoms with van der Waals surface area (Å²) in [6.45, 7) is 0. The lowest BCUT2D eigenvalue weighted by Crippen LogP contribution is -2.12. The van der Waals surface area contributed by atoms with Gasteiger partial charge in [0.2, 0.25) is 0 Å². The Morgan fingerprint density at radius 1 is 1.32 bits per heavy atom. The van der Waals surface area contributed by atoms with Crippen molar-refractivity contribution in [3.63, 3.8) is 0 Å². The van der Waals surface area contributed by atoms with Gasteiger partial charge in [-0.2, -0.15) is 5.26 Å². The minimum Gasteiger partial charge on any atom is -0.271 e. The molecule has 0 radical (unpaired) electrons. The standard InChI is InChI=1S/C9H7N5O4S/c1-19-9(11-5-10)12-6-2-7(13(15)16)4-8(3-6)14(17)18/h2-4H,1H3,(H,11,12). The number of hydrogen-bond donors (Lipinski definition) is 1. The highest BCUT2D eigenvalue weighted by molar-refractivity contribution is 8.13. The van der Waals surface area contributed by atoms with E-state index in [2.05, 4.69) is 10.3 Å². The zero-order valence-corrected chi connectivity index (χ0v) is 10.4. The Kier molecular flexibility index (Phi) is 4.78. The zero-order valence-electron chi connectivity index (χ0n) is 9.56. The molecule has 19 heavy (non-hydrogen) atoms. The summed E-state index contributed by atoms with van der Waals surface area (Å²) < 4.78 is 0. The van der Waals surface area contributed by atoms with E-state index in [1.165, 1.54) is 0 Å². The number of nitrogens with one attached hydrogen (secondary N) is 1. The molecule has 0 aliphatic heterocycles. The largest absolute Gasteiger partial charge is 0.278 e. The van der Waals surface area contributed by atoms with Crippen molar-refractivity contribution >= 4 is 34.0 Å². The Balaban J connectivity index is 3.31. The summed E-state index contributed by atoms with van der Waals surface area (Å²) in [5.41, 5.74) is -0.858.